The van der Waals surface area contributed by atoms with Crippen LogP contribution in [0.3, 0.4) is 0 Å². The Morgan fingerprint density at radius 1 is 1.30 bits per heavy atom. The molecule has 0 aliphatic rings. The summed E-state index contributed by atoms with van der Waals surface area (Å²) in [5.41, 5.74) is 7.36. The van der Waals surface area contributed by atoms with Gasteiger partial charge < -0.3 is 15.5 Å². The molecule has 1 aromatic carbocycles. The number of rotatable bonds is 3. The van der Waals surface area contributed by atoms with E-state index in [2.05, 4.69) is 5.32 Å². The molecular formula is C15H18N2O3. The summed E-state index contributed by atoms with van der Waals surface area (Å²) in [4.78, 5) is 23.2. The summed E-state index contributed by atoms with van der Waals surface area (Å²) in [6, 6.07) is 6.00. The molecule has 2 rings (SSSR count). The molecule has 20 heavy (non-hydrogen) atoms. The number of aryl methyl sites for hydroxylation is 1. The van der Waals surface area contributed by atoms with E-state index in [0.717, 1.165) is 10.9 Å². The highest BCUT2D eigenvalue weighted by Gasteiger charge is 2.17. The van der Waals surface area contributed by atoms with Gasteiger partial charge in [0.1, 0.15) is 5.58 Å². The molecule has 0 aliphatic carbocycles. The highest BCUT2D eigenvalue weighted by Crippen LogP contribution is 2.21. The van der Waals surface area contributed by atoms with Crippen LogP contribution in [0.15, 0.2) is 33.5 Å². The quantitative estimate of drug-likeness (QED) is 0.838. The van der Waals surface area contributed by atoms with Crippen LogP contribution in [0, 0.1) is 12.8 Å². The fourth-order valence-corrected chi connectivity index (χ4v) is 1.93. The maximum absolute atomic E-state index is 11.9. The van der Waals surface area contributed by atoms with Gasteiger partial charge in [0, 0.05) is 17.1 Å². The monoisotopic (exact) mass is 274 g/mol. The molecule has 0 unspecified atom stereocenters. The second-order valence-electron chi connectivity index (χ2n) is 5.22. The summed E-state index contributed by atoms with van der Waals surface area (Å²) in [6.07, 6.45) is 0. The third-order valence-corrected chi connectivity index (χ3v) is 3.24. The van der Waals surface area contributed by atoms with Crippen LogP contribution < -0.4 is 16.7 Å². The van der Waals surface area contributed by atoms with Crippen molar-refractivity contribution in [2.24, 2.45) is 11.7 Å². The van der Waals surface area contributed by atoms with Gasteiger partial charge in [0.2, 0.25) is 5.91 Å². The number of hydrogen-bond donors (Lipinski definition) is 2. The maximum Gasteiger partial charge on any atom is 0.336 e. The molecule has 1 amide bonds. The second-order valence-corrected chi connectivity index (χ2v) is 5.22. The predicted octanol–water partition coefficient (Wildman–Crippen LogP) is 2.02. The number of carbonyl (C=O) groups is 1. The minimum absolute atomic E-state index is 0.0650. The molecule has 0 fully saturated rings. The molecule has 5 nitrogen and oxygen atoms in total. The van der Waals surface area contributed by atoms with E-state index < -0.39 is 6.04 Å². The number of carbonyl (C=O) groups excluding carboxylic acids is 1. The molecule has 0 radical (unpaired) electrons. The van der Waals surface area contributed by atoms with Crippen LogP contribution in [0.1, 0.15) is 19.4 Å². The van der Waals surface area contributed by atoms with Crippen molar-refractivity contribution in [2.75, 3.05) is 5.32 Å². The molecule has 2 aromatic rings. The summed E-state index contributed by atoms with van der Waals surface area (Å²) in [7, 11) is 0. The van der Waals surface area contributed by atoms with Crippen LogP contribution in [-0.2, 0) is 4.79 Å². The summed E-state index contributed by atoms with van der Waals surface area (Å²) < 4.78 is 5.10. The molecule has 5 heteroatoms. The first-order valence-corrected chi connectivity index (χ1v) is 6.49. The topological polar surface area (TPSA) is 85.3 Å². The zero-order chi connectivity index (χ0) is 14.9. The average Bonchev–Trinajstić information content (AvgIpc) is 2.38. The lowest BCUT2D eigenvalue weighted by Gasteiger charge is -2.15. The third-order valence-electron chi connectivity index (χ3n) is 3.24. The van der Waals surface area contributed by atoms with Crippen molar-refractivity contribution < 1.29 is 9.21 Å². The van der Waals surface area contributed by atoms with Crippen molar-refractivity contribution in [3.8, 4) is 0 Å². The van der Waals surface area contributed by atoms with Crippen molar-refractivity contribution in [1.82, 2.24) is 0 Å². The molecule has 0 aliphatic heterocycles. The zero-order valence-corrected chi connectivity index (χ0v) is 11.8. The Hall–Kier alpha value is -2.14. The number of hydrogen-bond acceptors (Lipinski definition) is 4. The smallest absolute Gasteiger partial charge is 0.336 e. The van der Waals surface area contributed by atoms with E-state index in [1.54, 1.807) is 18.2 Å². The summed E-state index contributed by atoms with van der Waals surface area (Å²) in [5.74, 6) is -0.162. The van der Waals surface area contributed by atoms with Crippen molar-refractivity contribution in [3.63, 3.8) is 0 Å². The standard InChI is InChI=1S/C15H18N2O3/c1-8(2)14(16)15(19)17-10-4-5-12-11(7-10)9(3)6-13(18)20-12/h4-8,14H,16H2,1-3H3,(H,17,19)/t14-/m0/s1. The number of anilines is 1. The molecular weight excluding hydrogens is 256 g/mol. The van der Waals surface area contributed by atoms with E-state index in [1.165, 1.54) is 6.07 Å². The first-order chi connectivity index (χ1) is 9.38. The van der Waals surface area contributed by atoms with E-state index in [0.29, 0.717) is 11.3 Å². The highest BCUT2D eigenvalue weighted by atomic mass is 16.4. The number of nitrogens with one attached hydrogen (secondary N) is 1. The average molecular weight is 274 g/mol. The molecule has 1 heterocycles. The summed E-state index contributed by atoms with van der Waals surface area (Å²) in [5, 5.41) is 3.57. The van der Waals surface area contributed by atoms with Gasteiger partial charge >= 0.3 is 5.63 Å². The molecule has 0 spiro atoms. The van der Waals surface area contributed by atoms with Gasteiger partial charge in [-0.1, -0.05) is 13.8 Å². The van der Waals surface area contributed by atoms with Crippen LogP contribution in [0.2, 0.25) is 0 Å². The molecule has 3 N–H and O–H groups in total. The first kappa shape index (κ1) is 14.3. The fourth-order valence-electron chi connectivity index (χ4n) is 1.93. The van der Waals surface area contributed by atoms with Gasteiger partial charge in [-0.05, 0) is 36.6 Å². The van der Waals surface area contributed by atoms with Crippen molar-refractivity contribution in [2.45, 2.75) is 26.8 Å². The van der Waals surface area contributed by atoms with Crippen LogP contribution >= 0.6 is 0 Å². The molecule has 106 valence electrons. The zero-order valence-electron chi connectivity index (χ0n) is 11.8. The largest absolute Gasteiger partial charge is 0.423 e. The lowest BCUT2D eigenvalue weighted by molar-refractivity contribution is -0.118. The van der Waals surface area contributed by atoms with Crippen LogP contribution in [0.5, 0.6) is 0 Å². The minimum Gasteiger partial charge on any atom is -0.423 e. The van der Waals surface area contributed by atoms with E-state index in [1.807, 2.05) is 20.8 Å². The van der Waals surface area contributed by atoms with Gasteiger partial charge in [0.05, 0.1) is 6.04 Å². The van der Waals surface area contributed by atoms with Crippen LogP contribution in [0.25, 0.3) is 11.0 Å². The Balaban J connectivity index is 2.33. The predicted molar refractivity (Wildman–Crippen MR) is 78.7 cm³/mol. The minimum atomic E-state index is -0.555. The number of amides is 1. The summed E-state index contributed by atoms with van der Waals surface area (Å²) >= 11 is 0. The molecule has 0 bridgehead atoms. The normalized spacial score (nSPS) is 12.7. The Labute approximate surface area is 116 Å². The Bertz CT molecular complexity index is 704. The van der Waals surface area contributed by atoms with E-state index in [9.17, 15) is 9.59 Å². The fraction of sp³-hybridized carbons (Fsp3) is 0.333. The first-order valence-electron chi connectivity index (χ1n) is 6.49. The van der Waals surface area contributed by atoms with E-state index in [-0.39, 0.29) is 17.5 Å². The van der Waals surface area contributed by atoms with Gasteiger partial charge in [-0.25, -0.2) is 4.79 Å². The van der Waals surface area contributed by atoms with Crippen LogP contribution in [0.4, 0.5) is 5.69 Å². The Kier molecular flexibility index (Phi) is 3.90. The summed E-state index contributed by atoms with van der Waals surface area (Å²) in [6.45, 7) is 5.61. The second kappa shape index (κ2) is 5.46. The lowest BCUT2D eigenvalue weighted by Crippen LogP contribution is -2.39. The van der Waals surface area contributed by atoms with Gasteiger partial charge in [-0.2, -0.15) is 0 Å². The number of fused-ring (bicyclic) bond motifs is 1. The van der Waals surface area contributed by atoms with E-state index >= 15 is 0 Å². The maximum atomic E-state index is 11.9. The number of nitrogens with two attached hydrogens (primary N) is 1. The van der Waals surface area contributed by atoms with Gasteiger partial charge in [-0.15, -0.1) is 0 Å². The van der Waals surface area contributed by atoms with Gasteiger partial charge in [0.15, 0.2) is 0 Å². The molecule has 1 atom stereocenters. The molecule has 1 aromatic heterocycles. The van der Waals surface area contributed by atoms with Crippen molar-refractivity contribution in [3.05, 3.63) is 40.2 Å². The molecule has 0 saturated carbocycles. The van der Waals surface area contributed by atoms with Gasteiger partial charge in [-0.3, -0.25) is 4.79 Å². The Morgan fingerprint density at radius 3 is 2.65 bits per heavy atom. The van der Waals surface area contributed by atoms with Crippen LogP contribution in [-0.4, -0.2) is 11.9 Å². The van der Waals surface area contributed by atoms with E-state index in [4.69, 9.17) is 10.2 Å². The van der Waals surface area contributed by atoms with Crippen molar-refractivity contribution in [1.29, 1.82) is 0 Å². The third kappa shape index (κ3) is 2.88. The van der Waals surface area contributed by atoms with Gasteiger partial charge in [0.25, 0.3) is 0 Å². The number of benzene rings is 1. The SMILES string of the molecule is Cc1cc(=O)oc2ccc(NC(=O)[C@@H](N)C(C)C)cc12. The molecule has 0 saturated heterocycles. The highest BCUT2D eigenvalue weighted by molar-refractivity contribution is 5.96. The van der Waals surface area contributed by atoms with Crippen molar-refractivity contribution >= 4 is 22.6 Å². The lowest BCUT2D eigenvalue weighted by atomic mass is 10.0. The Morgan fingerprint density at radius 2 is 2.00 bits per heavy atom.